The van der Waals surface area contributed by atoms with Crippen LogP contribution in [0.2, 0.25) is 18.1 Å². The number of piperidine rings is 1. The molecule has 1 fully saturated rings. The second-order valence-corrected chi connectivity index (χ2v) is 13.8. The Balaban J connectivity index is 1.83. The fraction of sp³-hybridized carbons (Fsp3) is 0.667. The Labute approximate surface area is 165 Å². The lowest BCUT2D eigenvalue weighted by atomic mass is 9.91. The Morgan fingerprint density at radius 3 is 2.33 bits per heavy atom. The van der Waals surface area contributed by atoms with Crippen LogP contribution in [0.1, 0.15) is 39.2 Å². The maximum Gasteiger partial charge on any atom is 0.410 e. The van der Waals surface area contributed by atoms with Crippen molar-refractivity contribution in [2.45, 2.75) is 64.5 Å². The van der Waals surface area contributed by atoms with E-state index in [2.05, 4.69) is 33.9 Å². The second kappa shape index (κ2) is 9.21. The van der Waals surface area contributed by atoms with E-state index in [4.69, 9.17) is 14.9 Å². The highest BCUT2D eigenvalue weighted by Crippen LogP contribution is 2.38. The molecular formula is C21H36N2O3Si. The fourth-order valence-electron chi connectivity index (χ4n) is 3.16. The highest BCUT2D eigenvalue weighted by Gasteiger charge is 2.41. The summed E-state index contributed by atoms with van der Waals surface area (Å²) in [5.41, 5.74) is 7.06. The normalized spacial score (nSPS) is 17.6. The number of benzene rings is 1. The van der Waals surface area contributed by atoms with Crippen molar-refractivity contribution in [3.8, 4) is 0 Å². The molecule has 27 heavy (non-hydrogen) atoms. The van der Waals surface area contributed by atoms with Gasteiger partial charge in [0.05, 0.1) is 6.10 Å². The molecule has 1 aliphatic rings. The van der Waals surface area contributed by atoms with Crippen LogP contribution in [0.25, 0.3) is 0 Å². The van der Waals surface area contributed by atoms with Gasteiger partial charge in [0.25, 0.3) is 0 Å². The molecule has 1 atom stereocenters. The Kier molecular flexibility index (Phi) is 7.48. The average molecular weight is 393 g/mol. The van der Waals surface area contributed by atoms with E-state index in [0.29, 0.717) is 32.2 Å². The maximum atomic E-state index is 12.3. The van der Waals surface area contributed by atoms with Crippen molar-refractivity contribution in [2.24, 2.45) is 11.7 Å². The molecule has 0 aromatic heterocycles. The van der Waals surface area contributed by atoms with Gasteiger partial charge in [-0.3, -0.25) is 0 Å². The van der Waals surface area contributed by atoms with Gasteiger partial charge in [0.2, 0.25) is 0 Å². The molecular weight excluding hydrogens is 356 g/mol. The quantitative estimate of drug-likeness (QED) is 0.730. The van der Waals surface area contributed by atoms with Crippen molar-refractivity contribution in [3.05, 3.63) is 35.9 Å². The highest BCUT2D eigenvalue weighted by molar-refractivity contribution is 6.74. The van der Waals surface area contributed by atoms with Crippen LogP contribution >= 0.6 is 0 Å². The van der Waals surface area contributed by atoms with Crippen LogP contribution in [0.3, 0.4) is 0 Å². The molecule has 0 radical (unpaired) electrons. The van der Waals surface area contributed by atoms with Crippen LogP contribution in [0, 0.1) is 5.92 Å². The first-order chi connectivity index (χ1) is 12.6. The van der Waals surface area contributed by atoms with Gasteiger partial charge in [-0.25, -0.2) is 4.79 Å². The van der Waals surface area contributed by atoms with Crippen molar-refractivity contribution in [1.29, 1.82) is 0 Å². The molecule has 5 nitrogen and oxygen atoms in total. The van der Waals surface area contributed by atoms with E-state index in [1.807, 2.05) is 30.3 Å². The number of hydrogen-bond donors (Lipinski definition) is 1. The molecule has 1 unspecified atom stereocenters. The Hall–Kier alpha value is -1.37. The molecule has 0 saturated carbocycles. The molecule has 1 aliphatic heterocycles. The molecule has 2 N–H and O–H groups in total. The molecule has 1 amide bonds. The highest BCUT2D eigenvalue weighted by atomic mass is 28.4. The van der Waals surface area contributed by atoms with E-state index in [9.17, 15) is 4.79 Å². The molecule has 1 saturated heterocycles. The van der Waals surface area contributed by atoms with Gasteiger partial charge < -0.3 is 19.8 Å². The van der Waals surface area contributed by atoms with E-state index in [1.165, 1.54) is 0 Å². The Morgan fingerprint density at radius 2 is 1.81 bits per heavy atom. The van der Waals surface area contributed by atoms with Crippen LogP contribution < -0.4 is 5.73 Å². The smallest absolute Gasteiger partial charge is 0.410 e. The van der Waals surface area contributed by atoms with E-state index < -0.39 is 8.32 Å². The Bertz CT molecular complexity index is 593. The number of nitrogens with zero attached hydrogens (tertiary/aromatic N) is 1. The third kappa shape index (κ3) is 6.06. The molecule has 1 aromatic rings. The van der Waals surface area contributed by atoms with Crippen molar-refractivity contribution < 1.29 is 14.0 Å². The van der Waals surface area contributed by atoms with Gasteiger partial charge >= 0.3 is 6.09 Å². The maximum absolute atomic E-state index is 12.3. The lowest BCUT2D eigenvalue weighted by molar-refractivity contribution is 0.0532. The molecule has 0 bridgehead atoms. The fourth-order valence-corrected chi connectivity index (χ4v) is 4.56. The summed E-state index contributed by atoms with van der Waals surface area (Å²) >= 11 is 0. The number of rotatable bonds is 6. The minimum absolute atomic E-state index is 0.0772. The third-order valence-corrected chi connectivity index (χ3v) is 10.5. The largest absolute Gasteiger partial charge is 0.445 e. The summed E-state index contributed by atoms with van der Waals surface area (Å²) < 4.78 is 12.0. The zero-order valence-corrected chi connectivity index (χ0v) is 18.5. The molecule has 0 spiro atoms. The predicted octanol–water partition coefficient (Wildman–Crippen LogP) is 4.38. The van der Waals surface area contributed by atoms with Gasteiger partial charge in [0.1, 0.15) is 6.61 Å². The standard InChI is InChI=1S/C21H36N2O3Si/c1-21(2,3)27(4,5)26-19(15-22)18-11-13-23(14-12-18)20(24)25-16-17-9-7-6-8-10-17/h6-10,18-19H,11-16,22H2,1-5H3. The summed E-state index contributed by atoms with van der Waals surface area (Å²) in [5, 5.41) is 0.169. The van der Waals surface area contributed by atoms with Crippen LogP contribution in [0.5, 0.6) is 0 Å². The monoisotopic (exact) mass is 392 g/mol. The van der Waals surface area contributed by atoms with Gasteiger partial charge in [-0.2, -0.15) is 0 Å². The van der Waals surface area contributed by atoms with Crippen molar-refractivity contribution in [2.75, 3.05) is 19.6 Å². The number of carbonyl (C=O) groups is 1. The first-order valence-corrected chi connectivity index (χ1v) is 12.9. The number of carbonyl (C=O) groups excluding carboxylic acids is 1. The summed E-state index contributed by atoms with van der Waals surface area (Å²) in [6.07, 6.45) is 1.67. The van der Waals surface area contributed by atoms with Crippen molar-refractivity contribution >= 4 is 14.4 Å². The van der Waals surface area contributed by atoms with Gasteiger partial charge in [0, 0.05) is 19.6 Å². The topological polar surface area (TPSA) is 64.8 Å². The lowest BCUT2D eigenvalue weighted by Gasteiger charge is -2.43. The Morgan fingerprint density at radius 1 is 1.22 bits per heavy atom. The first-order valence-electron chi connectivity index (χ1n) is 9.97. The van der Waals surface area contributed by atoms with Crippen molar-refractivity contribution in [3.63, 3.8) is 0 Å². The summed E-state index contributed by atoms with van der Waals surface area (Å²) in [6, 6.07) is 9.77. The van der Waals surface area contributed by atoms with E-state index in [0.717, 1.165) is 18.4 Å². The van der Waals surface area contributed by atoms with Gasteiger partial charge in [-0.1, -0.05) is 51.1 Å². The second-order valence-electron chi connectivity index (χ2n) is 9.02. The van der Waals surface area contributed by atoms with E-state index >= 15 is 0 Å². The minimum Gasteiger partial charge on any atom is -0.445 e. The van der Waals surface area contributed by atoms with Crippen LogP contribution in [0.15, 0.2) is 30.3 Å². The summed E-state index contributed by atoms with van der Waals surface area (Å²) in [7, 11) is -1.85. The lowest BCUT2D eigenvalue weighted by Crippen LogP contribution is -2.50. The van der Waals surface area contributed by atoms with Crippen LogP contribution in [-0.2, 0) is 15.8 Å². The van der Waals surface area contributed by atoms with E-state index in [-0.39, 0.29) is 17.2 Å². The number of amides is 1. The molecule has 152 valence electrons. The summed E-state index contributed by atoms with van der Waals surface area (Å²) in [6.45, 7) is 13.5. The third-order valence-electron chi connectivity index (χ3n) is 6.01. The number of ether oxygens (including phenoxy) is 1. The number of nitrogens with two attached hydrogens (primary N) is 1. The summed E-state index contributed by atoms with van der Waals surface area (Å²) in [5.74, 6) is 0.405. The van der Waals surface area contributed by atoms with Crippen LogP contribution in [-0.4, -0.2) is 45.0 Å². The van der Waals surface area contributed by atoms with Gasteiger partial charge in [0.15, 0.2) is 8.32 Å². The predicted molar refractivity (Wildman–Crippen MR) is 112 cm³/mol. The zero-order chi connectivity index (χ0) is 20.1. The molecule has 2 rings (SSSR count). The van der Waals surface area contributed by atoms with E-state index in [1.54, 1.807) is 4.90 Å². The number of likely N-dealkylation sites (tertiary alicyclic amines) is 1. The zero-order valence-electron chi connectivity index (χ0n) is 17.5. The SMILES string of the molecule is CC(C)(C)[Si](C)(C)OC(CN)C1CCN(C(=O)OCc2ccccc2)CC1. The molecule has 1 heterocycles. The molecule has 6 heteroatoms. The summed E-state index contributed by atoms with van der Waals surface area (Å²) in [4.78, 5) is 14.1. The van der Waals surface area contributed by atoms with Gasteiger partial charge in [-0.05, 0) is 42.5 Å². The minimum atomic E-state index is -1.85. The van der Waals surface area contributed by atoms with Crippen LogP contribution in [0.4, 0.5) is 4.79 Å². The molecule has 1 aromatic carbocycles. The first kappa shape index (κ1) is 21.9. The van der Waals surface area contributed by atoms with Gasteiger partial charge in [-0.15, -0.1) is 0 Å². The average Bonchev–Trinajstić information content (AvgIpc) is 2.64. The number of hydrogen-bond acceptors (Lipinski definition) is 4. The van der Waals surface area contributed by atoms with Crippen molar-refractivity contribution in [1.82, 2.24) is 4.90 Å². The molecule has 0 aliphatic carbocycles.